The molecule has 0 fully saturated rings. The number of nitriles is 3. The minimum absolute atomic E-state index is 0.324. The average Bonchev–Trinajstić information content (AvgIpc) is 3.46. The Labute approximate surface area is 235 Å². The number of fused-ring (bicyclic) bond motifs is 1. The van der Waals surface area contributed by atoms with Crippen LogP contribution in [0.1, 0.15) is 16.7 Å². The SMILES string of the molecule is N#Cc1ccc(-c2ccc(N(c3ccc(-c4nc5ccccc5s4)cc3)c3ccc(C#N)c(C#N)c3)cc2)cc1. The predicted octanol–water partition coefficient (Wildman–Crippen LogP) is 8.72. The number of hydrogen-bond donors (Lipinski definition) is 0. The van der Waals surface area contributed by atoms with Gasteiger partial charge in [0.15, 0.2) is 0 Å². The summed E-state index contributed by atoms with van der Waals surface area (Å²) in [6, 6.07) is 43.6. The van der Waals surface area contributed by atoms with Crippen molar-refractivity contribution in [2.75, 3.05) is 4.90 Å². The second-order valence-electron chi connectivity index (χ2n) is 9.06. The fraction of sp³-hybridized carbons (Fsp3) is 0. The zero-order chi connectivity index (χ0) is 27.5. The van der Waals surface area contributed by atoms with Crippen LogP contribution >= 0.6 is 11.3 Å². The maximum absolute atomic E-state index is 9.67. The molecule has 0 aliphatic rings. The van der Waals surface area contributed by atoms with Crippen molar-refractivity contribution < 1.29 is 0 Å². The summed E-state index contributed by atoms with van der Waals surface area (Å²) in [5.74, 6) is 0. The highest BCUT2D eigenvalue weighted by Crippen LogP contribution is 2.38. The molecule has 0 aliphatic carbocycles. The van der Waals surface area contributed by atoms with E-state index in [1.807, 2.05) is 84.9 Å². The van der Waals surface area contributed by atoms with E-state index >= 15 is 0 Å². The van der Waals surface area contributed by atoms with E-state index in [1.165, 1.54) is 0 Å². The largest absolute Gasteiger partial charge is 0.310 e. The fourth-order valence-corrected chi connectivity index (χ4v) is 5.57. The smallest absolute Gasteiger partial charge is 0.124 e. The van der Waals surface area contributed by atoms with E-state index in [9.17, 15) is 10.5 Å². The highest BCUT2D eigenvalue weighted by Gasteiger charge is 2.16. The number of hydrogen-bond acceptors (Lipinski definition) is 6. The first kappa shape index (κ1) is 24.6. The molecule has 5 aromatic carbocycles. The molecule has 6 rings (SSSR count). The van der Waals surface area contributed by atoms with Gasteiger partial charge in [0.05, 0.1) is 33.0 Å². The maximum Gasteiger partial charge on any atom is 0.124 e. The molecule has 1 heterocycles. The highest BCUT2D eigenvalue weighted by atomic mass is 32.1. The van der Waals surface area contributed by atoms with Gasteiger partial charge in [0, 0.05) is 22.6 Å². The van der Waals surface area contributed by atoms with Gasteiger partial charge in [-0.1, -0.05) is 36.4 Å². The Balaban J connectivity index is 1.40. The van der Waals surface area contributed by atoms with Crippen LogP contribution in [-0.2, 0) is 0 Å². The van der Waals surface area contributed by atoms with Crippen molar-refractivity contribution >= 4 is 38.6 Å². The number of rotatable bonds is 5. The molecule has 0 atom stereocenters. The quantitative estimate of drug-likeness (QED) is 0.223. The van der Waals surface area contributed by atoms with Crippen molar-refractivity contribution in [2.24, 2.45) is 0 Å². The second-order valence-corrected chi connectivity index (χ2v) is 10.1. The van der Waals surface area contributed by atoms with Crippen LogP contribution in [0.5, 0.6) is 0 Å². The Morgan fingerprint density at radius 1 is 0.550 bits per heavy atom. The lowest BCUT2D eigenvalue weighted by atomic mass is 10.0. The zero-order valence-corrected chi connectivity index (χ0v) is 21.9. The molecule has 0 bridgehead atoms. The van der Waals surface area contributed by atoms with E-state index in [2.05, 4.69) is 41.3 Å². The Hall–Kier alpha value is -5.74. The maximum atomic E-state index is 9.67. The van der Waals surface area contributed by atoms with Gasteiger partial charge in [-0.25, -0.2) is 4.98 Å². The molecule has 0 spiro atoms. The van der Waals surface area contributed by atoms with Crippen molar-refractivity contribution in [3.05, 3.63) is 132 Å². The van der Waals surface area contributed by atoms with Gasteiger partial charge in [0.1, 0.15) is 17.1 Å². The summed E-state index contributed by atoms with van der Waals surface area (Å²) >= 11 is 1.66. The van der Waals surface area contributed by atoms with Gasteiger partial charge in [-0.15, -0.1) is 11.3 Å². The Morgan fingerprint density at radius 3 is 1.73 bits per heavy atom. The summed E-state index contributed by atoms with van der Waals surface area (Å²) in [6.45, 7) is 0. The normalized spacial score (nSPS) is 10.4. The Kier molecular flexibility index (Phi) is 6.49. The van der Waals surface area contributed by atoms with Crippen LogP contribution in [0.3, 0.4) is 0 Å². The zero-order valence-electron chi connectivity index (χ0n) is 21.1. The van der Waals surface area contributed by atoms with Crippen LogP contribution in [0, 0.1) is 34.0 Å². The number of para-hydroxylation sites is 1. The van der Waals surface area contributed by atoms with Crippen LogP contribution < -0.4 is 4.90 Å². The molecule has 0 amide bonds. The highest BCUT2D eigenvalue weighted by molar-refractivity contribution is 7.21. The summed E-state index contributed by atoms with van der Waals surface area (Å²) in [4.78, 5) is 6.85. The van der Waals surface area contributed by atoms with Crippen molar-refractivity contribution in [1.29, 1.82) is 15.8 Å². The summed E-state index contributed by atoms with van der Waals surface area (Å²) < 4.78 is 1.15. The molecule has 6 heteroatoms. The van der Waals surface area contributed by atoms with Gasteiger partial charge >= 0.3 is 0 Å². The molecule has 0 aliphatic heterocycles. The first-order valence-electron chi connectivity index (χ1n) is 12.5. The molecule has 186 valence electrons. The summed E-state index contributed by atoms with van der Waals surface area (Å²) in [6.07, 6.45) is 0. The molecule has 0 radical (unpaired) electrons. The van der Waals surface area contributed by atoms with E-state index < -0.39 is 0 Å². The number of aromatic nitrogens is 1. The minimum Gasteiger partial charge on any atom is -0.310 e. The van der Waals surface area contributed by atoms with Gasteiger partial charge in [-0.2, -0.15) is 15.8 Å². The molecule has 0 unspecified atom stereocenters. The third kappa shape index (κ3) is 4.66. The molecule has 0 N–H and O–H groups in total. The number of thiazole rings is 1. The number of anilines is 3. The van der Waals surface area contributed by atoms with Gasteiger partial charge in [0.2, 0.25) is 0 Å². The average molecular weight is 530 g/mol. The van der Waals surface area contributed by atoms with Crippen LogP contribution in [0.15, 0.2) is 115 Å². The van der Waals surface area contributed by atoms with Crippen molar-refractivity contribution in [3.8, 4) is 39.9 Å². The lowest BCUT2D eigenvalue weighted by Gasteiger charge is -2.26. The van der Waals surface area contributed by atoms with E-state index in [0.29, 0.717) is 16.7 Å². The topological polar surface area (TPSA) is 87.5 Å². The fourth-order valence-electron chi connectivity index (χ4n) is 4.60. The van der Waals surface area contributed by atoms with E-state index in [4.69, 9.17) is 10.2 Å². The van der Waals surface area contributed by atoms with Crippen molar-refractivity contribution in [2.45, 2.75) is 0 Å². The van der Waals surface area contributed by atoms with Crippen molar-refractivity contribution in [1.82, 2.24) is 4.98 Å². The predicted molar refractivity (Wildman–Crippen MR) is 159 cm³/mol. The lowest BCUT2D eigenvalue weighted by Crippen LogP contribution is -2.10. The van der Waals surface area contributed by atoms with E-state index in [1.54, 1.807) is 23.5 Å². The third-order valence-corrected chi connectivity index (χ3v) is 7.73. The Morgan fingerprint density at radius 2 is 1.12 bits per heavy atom. The standard InChI is InChI=1S/C34H19N5S/c35-20-23-5-7-24(8-6-23)25-9-14-29(15-10-25)39(31-18-13-27(21-36)28(19-31)22-37)30-16-11-26(12-17-30)34-38-32-3-1-2-4-33(32)40-34/h1-19H. The first-order valence-corrected chi connectivity index (χ1v) is 13.3. The van der Waals surface area contributed by atoms with Crippen LogP contribution in [-0.4, -0.2) is 4.98 Å². The van der Waals surface area contributed by atoms with E-state index in [0.717, 1.165) is 49.0 Å². The molecular weight excluding hydrogens is 510 g/mol. The van der Waals surface area contributed by atoms with E-state index in [-0.39, 0.29) is 0 Å². The summed E-state index contributed by atoms with van der Waals surface area (Å²) in [7, 11) is 0. The van der Waals surface area contributed by atoms with Crippen LogP contribution in [0.4, 0.5) is 17.1 Å². The monoisotopic (exact) mass is 529 g/mol. The molecular formula is C34H19N5S. The first-order chi connectivity index (χ1) is 19.7. The van der Waals surface area contributed by atoms with Crippen molar-refractivity contribution in [3.63, 3.8) is 0 Å². The second kappa shape index (κ2) is 10.6. The molecule has 40 heavy (non-hydrogen) atoms. The molecule has 6 aromatic rings. The van der Waals surface area contributed by atoms with Gasteiger partial charge in [-0.05, 0) is 90.0 Å². The van der Waals surface area contributed by atoms with Crippen LogP contribution in [0.2, 0.25) is 0 Å². The van der Waals surface area contributed by atoms with Gasteiger partial charge in [-0.3, -0.25) is 0 Å². The van der Waals surface area contributed by atoms with Gasteiger partial charge in [0.25, 0.3) is 0 Å². The van der Waals surface area contributed by atoms with Crippen LogP contribution in [0.25, 0.3) is 31.9 Å². The molecule has 0 saturated carbocycles. The third-order valence-electron chi connectivity index (χ3n) is 6.64. The van der Waals surface area contributed by atoms with Gasteiger partial charge < -0.3 is 4.90 Å². The minimum atomic E-state index is 0.324. The molecule has 5 nitrogen and oxygen atoms in total. The number of benzene rings is 5. The molecule has 0 saturated heterocycles. The Bertz CT molecular complexity index is 1930. The lowest BCUT2D eigenvalue weighted by molar-refractivity contribution is 1.27. The number of nitrogens with zero attached hydrogens (tertiary/aromatic N) is 5. The molecule has 1 aromatic heterocycles. The summed E-state index contributed by atoms with van der Waals surface area (Å²) in [5, 5.41) is 29.2. The summed E-state index contributed by atoms with van der Waals surface area (Å²) in [5.41, 5.74) is 7.92.